The van der Waals surface area contributed by atoms with Crippen LogP contribution >= 0.6 is 0 Å². The molecule has 0 aliphatic carbocycles. The normalized spacial score (nSPS) is 8.45. The van der Waals surface area contributed by atoms with E-state index in [4.69, 9.17) is 5.41 Å². The number of nitrogens with two attached hydrogens (primary N) is 1. The van der Waals surface area contributed by atoms with Crippen LogP contribution in [-0.2, 0) is 0 Å². The third kappa shape index (κ3) is 17.6. The van der Waals surface area contributed by atoms with E-state index < -0.39 is 5.83 Å². The highest BCUT2D eigenvalue weighted by atomic mass is 19.1. The van der Waals surface area contributed by atoms with Gasteiger partial charge in [0.05, 0.1) is 5.71 Å². The summed E-state index contributed by atoms with van der Waals surface area (Å²) in [5.74, 6) is -0.444. The Kier molecular flexibility index (Phi) is 24.5. The first-order chi connectivity index (χ1) is 5.18. The summed E-state index contributed by atoms with van der Waals surface area (Å²) in [6.07, 6.45) is 1.27. The van der Waals surface area contributed by atoms with Crippen molar-refractivity contribution >= 4 is 5.71 Å². The monoisotopic (exact) mass is 162 g/mol. The van der Waals surface area contributed by atoms with Crippen LogP contribution in [0.1, 0.15) is 27.7 Å². The zero-order chi connectivity index (χ0) is 9.86. The number of hydrogen-bond acceptors (Lipinski definition) is 2. The fraction of sp³-hybridized carbons (Fsp3) is 0.625. The van der Waals surface area contributed by atoms with Crippen LogP contribution < -0.4 is 5.73 Å². The molecular weight excluding hydrogens is 143 g/mol. The fourth-order valence-corrected chi connectivity index (χ4v) is 0.217. The third-order valence-corrected chi connectivity index (χ3v) is 0.612. The summed E-state index contributed by atoms with van der Waals surface area (Å²) < 4.78 is 11.9. The summed E-state index contributed by atoms with van der Waals surface area (Å²) in [6.45, 7) is 6.97. The molecule has 68 valence electrons. The molecule has 0 saturated carbocycles. The molecule has 0 aromatic carbocycles. The lowest BCUT2D eigenvalue weighted by Gasteiger charge is -1.84. The molecule has 0 spiro atoms. The molecule has 0 heterocycles. The van der Waals surface area contributed by atoms with Crippen LogP contribution in [0, 0.1) is 5.41 Å². The van der Waals surface area contributed by atoms with Crippen LogP contribution in [0.2, 0.25) is 0 Å². The van der Waals surface area contributed by atoms with Gasteiger partial charge in [-0.15, -0.1) is 0 Å². The molecule has 3 heteroatoms. The van der Waals surface area contributed by atoms with E-state index >= 15 is 0 Å². The highest BCUT2D eigenvalue weighted by molar-refractivity contribution is 5.93. The van der Waals surface area contributed by atoms with Gasteiger partial charge in [0.25, 0.3) is 0 Å². The molecule has 0 radical (unpaired) electrons. The van der Waals surface area contributed by atoms with E-state index in [0.717, 1.165) is 0 Å². The van der Waals surface area contributed by atoms with E-state index in [2.05, 4.69) is 5.73 Å². The van der Waals surface area contributed by atoms with Gasteiger partial charge >= 0.3 is 0 Å². The Morgan fingerprint density at radius 2 is 1.64 bits per heavy atom. The van der Waals surface area contributed by atoms with Gasteiger partial charge in [-0.3, -0.25) is 0 Å². The van der Waals surface area contributed by atoms with Crippen LogP contribution in [-0.4, -0.2) is 12.8 Å². The molecule has 2 nitrogen and oxygen atoms in total. The summed E-state index contributed by atoms with van der Waals surface area (Å²) in [5, 5.41) is 6.66. The van der Waals surface area contributed by atoms with Gasteiger partial charge in [-0.2, -0.15) is 0 Å². The van der Waals surface area contributed by atoms with E-state index in [-0.39, 0.29) is 5.71 Å². The van der Waals surface area contributed by atoms with Gasteiger partial charge in [-0.1, -0.05) is 13.8 Å². The maximum absolute atomic E-state index is 11.9. The molecule has 3 N–H and O–H groups in total. The summed E-state index contributed by atoms with van der Waals surface area (Å²) in [6, 6.07) is 0. The van der Waals surface area contributed by atoms with Crippen molar-refractivity contribution in [2.75, 3.05) is 7.05 Å². The first kappa shape index (κ1) is 16.7. The van der Waals surface area contributed by atoms with Crippen molar-refractivity contribution in [2.45, 2.75) is 27.7 Å². The highest BCUT2D eigenvalue weighted by Gasteiger charge is 1.90. The average Bonchev–Trinajstić information content (AvgIpc) is 2.10. The van der Waals surface area contributed by atoms with E-state index in [9.17, 15) is 4.39 Å². The Hall–Kier alpha value is -0.700. The first-order valence-electron chi connectivity index (χ1n) is 3.63. The Morgan fingerprint density at radius 3 is 1.64 bits per heavy atom. The molecule has 0 atom stereocenters. The third-order valence-electron chi connectivity index (χ3n) is 0.612. The number of allylic oxidation sites excluding steroid dienone is 2. The van der Waals surface area contributed by atoms with Crippen molar-refractivity contribution in [3.63, 3.8) is 0 Å². The second-order valence-corrected chi connectivity index (χ2v) is 1.26. The van der Waals surface area contributed by atoms with Crippen LogP contribution in [0.5, 0.6) is 0 Å². The number of halogens is 1. The highest BCUT2D eigenvalue weighted by Crippen LogP contribution is 1.94. The van der Waals surface area contributed by atoms with Crippen LogP contribution in [0.3, 0.4) is 0 Å². The van der Waals surface area contributed by atoms with Gasteiger partial charge in [0, 0.05) is 0 Å². The maximum Gasteiger partial charge on any atom is 0.139 e. The van der Waals surface area contributed by atoms with E-state index in [0.29, 0.717) is 0 Å². The van der Waals surface area contributed by atoms with Crippen molar-refractivity contribution in [1.82, 2.24) is 0 Å². The number of hydrogen-bond donors (Lipinski definition) is 2. The predicted octanol–water partition coefficient (Wildman–Crippen LogP) is 2.50. The van der Waals surface area contributed by atoms with Crippen molar-refractivity contribution in [1.29, 1.82) is 5.41 Å². The van der Waals surface area contributed by atoms with Crippen LogP contribution in [0.4, 0.5) is 4.39 Å². The predicted molar refractivity (Wildman–Crippen MR) is 49.7 cm³/mol. The minimum Gasteiger partial charge on any atom is -0.333 e. The molecule has 0 unspecified atom stereocenters. The molecule has 0 fully saturated rings. The summed E-state index contributed by atoms with van der Waals surface area (Å²) in [5.41, 5.74) is 4.49. The Morgan fingerprint density at radius 1 is 1.36 bits per heavy atom. The minimum absolute atomic E-state index is 0.0116. The molecule has 0 aliphatic rings. The van der Waals surface area contributed by atoms with Crippen molar-refractivity contribution in [3.05, 3.63) is 11.9 Å². The van der Waals surface area contributed by atoms with Gasteiger partial charge in [-0.25, -0.2) is 4.39 Å². The topological polar surface area (TPSA) is 49.9 Å². The molecule has 0 aromatic rings. The number of nitrogens with one attached hydrogen (secondary N) is 1. The van der Waals surface area contributed by atoms with Gasteiger partial charge in [0.1, 0.15) is 5.83 Å². The second kappa shape index (κ2) is 16.1. The Labute approximate surface area is 68.8 Å². The molecule has 0 rings (SSSR count). The zero-order valence-corrected chi connectivity index (χ0v) is 8.03. The molecule has 0 amide bonds. The Balaban J connectivity index is -0.000000138. The lowest BCUT2D eigenvalue weighted by molar-refractivity contribution is 0.677. The largest absolute Gasteiger partial charge is 0.333 e. The van der Waals surface area contributed by atoms with Gasteiger partial charge < -0.3 is 11.1 Å². The van der Waals surface area contributed by atoms with E-state index in [1.165, 1.54) is 20.0 Å². The van der Waals surface area contributed by atoms with Gasteiger partial charge in [0.15, 0.2) is 0 Å². The molecular formula is C8H19FN2. The fourth-order valence-electron chi connectivity index (χ4n) is 0.217. The van der Waals surface area contributed by atoms with Crippen molar-refractivity contribution in [3.8, 4) is 0 Å². The lowest BCUT2D eigenvalue weighted by Crippen LogP contribution is -1.85. The standard InChI is InChI=1S/C5H8FN.C2H6.CH5N/c1-3-5(6)4(2)7;2*1-2/h3,7H,1-2H3;1-2H3;2H2,1H3/b5-3+,7-4?;;. The van der Waals surface area contributed by atoms with E-state index in [1.54, 1.807) is 6.92 Å². The molecule has 0 saturated heterocycles. The minimum atomic E-state index is -0.444. The molecule has 11 heavy (non-hydrogen) atoms. The SMILES string of the molecule is C/C=C(/F)C(C)=N.CC.CN. The molecule has 0 aromatic heterocycles. The van der Waals surface area contributed by atoms with Crippen LogP contribution in [0.15, 0.2) is 11.9 Å². The van der Waals surface area contributed by atoms with E-state index in [1.807, 2.05) is 13.8 Å². The summed E-state index contributed by atoms with van der Waals surface area (Å²) >= 11 is 0. The van der Waals surface area contributed by atoms with Gasteiger partial charge in [0.2, 0.25) is 0 Å². The lowest BCUT2D eigenvalue weighted by atomic mass is 10.3. The zero-order valence-electron chi connectivity index (χ0n) is 8.03. The van der Waals surface area contributed by atoms with Gasteiger partial charge in [-0.05, 0) is 27.0 Å². The van der Waals surface area contributed by atoms with Crippen molar-refractivity contribution in [2.24, 2.45) is 5.73 Å². The van der Waals surface area contributed by atoms with Crippen molar-refractivity contribution < 1.29 is 4.39 Å². The smallest absolute Gasteiger partial charge is 0.139 e. The number of rotatable bonds is 1. The van der Waals surface area contributed by atoms with Crippen LogP contribution in [0.25, 0.3) is 0 Å². The maximum atomic E-state index is 11.9. The molecule has 0 aliphatic heterocycles. The summed E-state index contributed by atoms with van der Waals surface area (Å²) in [4.78, 5) is 0. The summed E-state index contributed by atoms with van der Waals surface area (Å²) in [7, 11) is 1.50. The Bertz CT molecular complexity index is 109. The quantitative estimate of drug-likeness (QED) is 0.572. The average molecular weight is 162 g/mol. The first-order valence-corrected chi connectivity index (χ1v) is 3.63. The second-order valence-electron chi connectivity index (χ2n) is 1.26. The molecule has 0 bridgehead atoms.